The molecule has 0 fully saturated rings. The molecule has 2 rings (SSSR count). The predicted molar refractivity (Wildman–Crippen MR) is 74.1 cm³/mol. The third-order valence-corrected chi connectivity index (χ3v) is 4.63. The average molecular weight is 335 g/mol. The minimum absolute atomic E-state index is 0.259. The van der Waals surface area contributed by atoms with Crippen molar-refractivity contribution in [2.24, 2.45) is 5.73 Å². The molecule has 1 unspecified atom stereocenters. The molecule has 0 saturated heterocycles. The van der Waals surface area contributed by atoms with Crippen LogP contribution >= 0.6 is 38.9 Å². The second kappa shape index (κ2) is 5.48. The van der Waals surface area contributed by atoms with E-state index in [0.717, 1.165) is 10.0 Å². The SMILES string of the molecule is NC(Cc1c(F)cccc1Cl)c1cscc1Br. The lowest BCUT2D eigenvalue weighted by Crippen LogP contribution is -2.14. The van der Waals surface area contributed by atoms with Gasteiger partial charge in [0.15, 0.2) is 0 Å². The van der Waals surface area contributed by atoms with E-state index >= 15 is 0 Å². The Hall–Kier alpha value is -0.420. The maximum Gasteiger partial charge on any atom is 0.127 e. The molecule has 0 saturated carbocycles. The van der Waals surface area contributed by atoms with Gasteiger partial charge in [-0.1, -0.05) is 17.7 Å². The summed E-state index contributed by atoms with van der Waals surface area (Å²) in [6, 6.07) is 4.41. The Morgan fingerprint density at radius 3 is 2.76 bits per heavy atom. The highest BCUT2D eigenvalue weighted by molar-refractivity contribution is 9.10. The Kier molecular flexibility index (Phi) is 4.20. The van der Waals surface area contributed by atoms with E-state index in [4.69, 9.17) is 17.3 Å². The lowest BCUT2D eigenvalue weighted by atomic mass is 10.0. The van der Waals surface area contributed by atoms with Crippen LogP contribution in [0.5, 0.6) is 0 Å². The van der Waals surface area contributed by atoms with Crippen molar-refractivity contribution < 1.29 is 4.39 Å². The molecule has 2 N–H and O–H groups in total. The van der Waals surface area contributed by atoms with Gasteiger partial charge in [-0.3, -0.25) is 0 Å². The second-order valence-corrected chi connectivity index (χ2v) is 5.69. The number of hydrogen-bond donors (Lipinski definition) is 1. The summed E-state index contributed by atoms with van der Waals surface area (Å²) in [4.78, 5) is 0. The topological polar surface area (TPSA) is 26.0 Å². The standard InChI is InChI=1S/C12H10BrClFNS/c13-9-6-17-5-8(9)12(16)4-7-10(14)2-1-3-11(7)15/h1-3,5-6,12H,4,16H2. The minimum Gasteiger partial charge on any atom is -0.324 e. The van der Waals surface area contributed by atoms with E-state index in [2.05, 4.69) is 15.9 Å². The number of hydrogen-bond acceptors (Lipinski definition) is 2. The monoisotopic (exact) mass is 333 g/mol. The zero-order valence-corrected chi connectivity index (χ0v) is 11.9. The van der Waals surface area contributed by atoms with Crippen LogP contribution in [-0.4, -0.2) is 0 Å². The molecule has 17 heavy (non-hydrogen) atoms. The summed E-state index contributed by atoms with van der Waals surface area (Å²) in [5.74, 6) is -0.306. The van der Waals surface area contributed by atoms with Crippen LogP contribution in [-0.2, 0) is 6.42 Å². The Bertz CT molecular complexity index is 509. The van der Waals surface area contributed by atoms with Gasteiger partial charge in [-0.25, -0.2) is 4.39 Å². The van der Waals surface area contributed by atoms with Crippen molar-refractivity contribution in [1.29, 1.82) is 0 Å². The lowest BCUT2D eigenvalue weighted by molar-refractivity contribution is 0.593. The Balaban J connectivity index is 2.25. The third kappa shape index (κ3) is 2.88. The predicted octanol–water partition coefficient (Wildman–Crippen LogP) is 4.55. The molecule has 90 valence electrons. The fraction of sp³-hybridized carbons (Fsp3) is 0.167. The first-order valence-electron chi connectivity index (χ1n) is 4.99. The number of benzene rings is 1. The fourth-order valence-electron chi connectivity index (χ4n) is 1.61. The van der Waals surface area contributed by atoms with Gasteiger partial charge in [-0.2, -0.15) is 11.3 Å². The summed E-state index contributed by atoms with van der Waals surface area (Å²) in [7, 11) is 0. The highest BCUT2D eigenvalue weighted by Crippen LogP contribution is 2.30. The first kappa shape index (κ1) is 13.0. The van der Waals surface area contributed by atoms with Crippen molar-refractivity contribution >= 4 is 38.9 Å². The molecule has 0 radical (unpaired) electrons. The van der Waals surface area contributed by atoms with Gasteiger partial charge in [0.2, 0.25) is 0 Å². The summed E-state index contributed by atoms with van der Waals surface area (Å²) in [5, 5.41) is 4.34. The first-order chi connectivity index (χ1) is 8.09. The molecule has 0 spiro atoms. The number of nitrogens with two attached hydrogens (primary N) is 1. The van der Waals surface area contributed by atoms with Crippen LogP contribution in [0, 0.1) is 5.82 Å². The third-order valence-electron chi connectivity index (χ3n) is 2.53. The zero-order valence-electron chi connectivity index (χ0n) is 8.79. The molecule has 0 aliphatic rings. The Morgan fingerprint density at radius 1 is 1.41 bits per heavy atom. The Labute approximate surface area is 117 Å². The van der Waals surface area contributed by atoms with Crippen LogP contribution in [0.15, 0.2) is 33.4 Å². The van der Waals surface area contributed by atoms with Crippen molar-refractivity contribution in [3.8, 4) is 0 Å². The number of halogens is 3. The van der Waals surface area contributed by atoms with E-state index in [0.29, 0.717) is 17.0 Å². The molecule has 0 bridgehead atoms. The average Bonchev–Trinajstić information content (AvgIpc) is 2.70. The molecule has 0 aliphatic heterocycles. The maximum absolute atomic E-state index is 13.6. The largest absolute Gasteiger partial charge is 0.324 e. The summed E-state index contributed by atoms with van der Waals surface area (Å²) in [6.07, 6.45) is 0.390. The minimum atomic E-state index is -0.306. The van der Waals surface area contributed by atoms with E-state index in [1.165, 1.54) is 6.07 Å². The van der Waals surface area contributed by atoms with Gasteiger partial charge in [0.25, 0.3) is 0 Å². The normalized spacial score (nSPS) is 12.7. The van der Waals surface area contributed by atoms with Gasteiger partial charge < -0.3 is 5.73 Å². The van der Waals surface area contributed by atoms with Crippen LogP contribution in [0.25, 0.3) is 0 Å². The summed E-state index contributed by atoms with van der Waals surface area (Å²) < 4.78 is 14.6. The van der Waals surface area contributed by atoms with Gasteiger partial charge >= 0.3 is 0 Å². The van der Waals surface area contributed by atoms with Gasteiger partial charge in [0.1, 0.15) is 5.82 Å². The first-order valence-corrected chi connectivity index (χ1v) is 7.11. The molecule has 0 amide bonds. The van der Waals surface area contributed by atoms with Gasteiger partial charge in [-0.05, 0) is 45.4 Å². The lowest BCUT2D eigenvalue weighted by Gasteiger charge is -2.13. The molecule has 1 heterocycles. The highest BCUT2D eigenvalue weighted by Gasteiger charge is 2.15. The molecule has 1 atom stereocenters. The molecule has 1 nitrogen and oxygen atoms in total. The van der Waals surface area contributed by atoms with Crippen LogP contribution in [0.3, 0.4) is 0 Å². The van der Waals surface area contributed by atoms with E-state index in [-0.39, 0.29) is 11.9 Å². The smallest absolute Gasteiger partial charge is 0.127 e. The van der Waals surface area contributed by atoms with Crippen LogP contribution < -0.4 is 5.73 Å². The molecular weight excluding hydrogens is 325 g/mol. The van der Waals surface area contributed by atoms with Gasteiger partial charge in [-0.15, -0.1) is 0 Å². The highest BCUT2D eigenvalue weighted by atomic mass is 79.9. The van der Waals surface area contributed by atoms with Crippen LogP contribution in [0.4, 0.5) is 4.39 Å². The molecular formula is C12H10BrClFNS. The van der Waals surface area contributed by atoms with Crippen molar-refractivity contribution in [1.82, 2.24) is 0 Å². The van der Waals surface area contributed by atoms with E-state index < -0.39 is 0 Å². The summed E-state index contributed by atoms with van der Waals surface area (Å²) >= 11 is 11.0. The van der Waals surface area contributed by atoms with Gasteiger partial charge in [0, 0.05) is 26.5 Å². The number of rotatable bonds is 3. The summed E-state index contributed by atoms with van der Waals surface area (Å²) in [5.41, 5.74) is 7.51. The van der Waals surface area contributed by atoms with Crippen molar-refractivity contribution in [3.05, 3.63) is 55.4 Å². The van der Waals surface area contributed by atoms with Crippen molar-refractivity contribution in [3.63, 3.8) is 0 Å². The maximum atomic E-state index is 13.6. The van der Waals surface area contributed by atoms with Crippen molar-refractivity contribution in [2.45, 2.75) is 12.5 Å². The number of thiophene rings is 1. The van der Waals surface area contributed by atoms with Crippen LogP contribution in [0.2, 0.25) is 5.02 Å². The van der Waals surface area contributed by atoms with Crippen molar-refractivity contribution in [2.75, 3.05) is 0 Å². The van der Waals surface area contributed by atoms with Crippen LogP contribution in [0.1, 0.15) is 17.2 Å². The quantitative estimate of drug-likeness (QED) is 0.876. The molecule has 5 heteroatoms. The van der Waals surface area contributed by atoms with E-state index in [9.17, 15) is 4.39 Å². The van der Waals surface area contributed by atoms with Gasteiger partial charge in [0.05, 0.1) is 0 Å². The molecule has 1 aromatic carbocycles. The second-order valence-electron chi connectivity index (χ2n) is 3.69. The zero-order chi connectivity index (χ0) is 12.4. The Morgan fingerprint density at radius 2 is 2.18 bits per heavy atom. The molecule has 2 aromatic rings. The summed E-state index contributed by atoms with van der Waals surface area (Å²) in [6.45, 7) is 0. The molecule has 1 aromatic heterocycles. The van der Waals surface area contributed by atoms with E-state index in [1.54, 1.807) is 23.5 Å². The molecule has 0 aliphatic carbocycles. The fourth-order valence-corrected chi connectivity index (χ4v) is 3.51. The van der Waals surface area contributed by atoms with E-state index in [1.807, 2.05) is 10.8 Å².